The van der Waals surface area contributed by atoms with E-state index in [1.54, 1.807) is 0 Å². The SMILES string of the molecule is CC1C=c2ccc3cc4c5ccccc5n(-c5ccccc5)c4c4[nH]c(c2c34)C1. The Morgan fingerprint density at radius 3 is 2.59 bits per heavy atom. The second kappa shape index (κ2) is 5.30. The largest absolute Gasteiger partial charge is 0.356 e. The summed E-state index contributed by atoms with van der Waals surface area (Å²) in [6.07, 6.45) is 3.50. The van der Waals surface area contributed by atoms with E-state index in [1.165, 1.54) is 60.1 Å². The summed E-state index contributed by atoms with van der Waals surface area (Å²) >= 11 is 0. The van der Waals surface area contributed by atoms with Gasteiger partial charge in [0.2, 0.25) is 0 Å². The van der Waals surface area contributed by atoms with Crippen LogP contribution >= 0.6 is 0 Å². The number of rotatable bonds is 1. The van der Waals surface area contributed by atoms with Crippen molar-refractivity contribution in [3.63, 3.8) is 0 Å². The first-order valence-corrected chi connectivity index (χ1v) is 10.4. The van der Waals surface area contributed by atoms with Crippen LogP contribution in [0.15, 0.2) is 72.8 Å². The highest BCUT2D eigenvalue weighted by Gasteiger charge is 2.22. The number of nitrogens with one attached hydrogen (secondary N) is 1. The molecule has 4 aromatic carbocycles. The van der Waals surface area contributed by atoms with Gasteiger partial charge in [0, 0.05) is 32.9 Å². The Labute approximate surface area is 168 Å². The molecule has 6 aromatic rings. The molecule has 29 heavy (non-hydrogen) atoms. The number of hydrogen-bond donors (Lipinski definition) is 1. The van der Waals surface area contributed by atoms with Gasteiger partial charge in [-0.25, -0.2) is 0 Å². The maximum Gasteiger partial charge on any atom is 0.0783 e. The van der Waals surface area contributed by atoms with Gasteiger partial charge in [-0.15, -0.1) is 0 Å². The Hall–Kier alpha value is -3.52. The average molecular weight is 372 g/mol. The summed E-state index contributed by atoms with van der Waals surface area (Å²) in [5.41, 5.74) is 6.40. The molecule has 0 saturated heterocycles. The van der Waals surface area contributed by atoms with Gasteiger partial charge < -0.3 is 9.55 Å². The van der Waals surface area contributed by atoms with Crippen LogP contribution in [-0.2, 0) is 6.42 Å². The number of aromatic nitrogens is 2. The molecule has 2 aromatic heterocycles. The van der Waals surface area contributed by atoms with Gasteiger partial charge in [0.25, 0.3) is 0 Å². The normalized spacial score (nSPS) is 16.2. The molecular weight excluding hydrogens is 352 g/mol. The lowest BCUT2D eigenvalue weighted by molar-refractivity contribution is 0.745. The highest BCUT2D eigenvalue weighted by molar-refractivity contribution is 6.26. The third kappa shape index (κ3) is 1.91. The zero-order chi connectivity index (χ0) is 19.1. The number of H-pyrrole nitrogens is 1. The van der Waals surface area contributed by atoms with E-state index in [2.05, 4.69) is 95.3 Å². The van der Waals surface area contributed by atoms with Gasteiger partial charge in [-0.3, -0.25) is 0 Å². The van der Waals surface area contributed by atoms with Crippen LogP contribution in [0.25, 0.3) is 55.2 Å². The first kappa shape index (κ1) is 15.4. The molecule has 0 radical (unpaired) electrons. The third-order valence-electron chi connectivity index (χ3n) is 6.55. The van der Waals surface area contributed by atoms with Gasteiger partial charge in [-0.05, 0) is 47.2 Å². The van der Waals surface area contributed by atoms with Crippen molar-refractivity contribution in [3.05, 3.63) is 83.7 Å². The minimum absolute atomic E-state index is 0.562. The Kier molecular flexibility index (Phi) is 2.81. The highest BCUT2D eigenvalue weighted by Crippen LogP contribution is 2.41. The van der Waals surface area contributed by atoms with Gasteiger partial charge in [-0.1, -0.05) is 61.5 Å². The van der Waals surface area contributed by atoms with E-state index in [0.29, 0.717) is 5.92 Å². The van der Waals surface area contributed by atoms with Crippen molar-refractivity contribution in [1.82, 2.24) is 9.55 Å². The molecule has 0 bridgehead atoms. The van der Waals surface area contributed by atoms with Crippen LogP contribution in [0, 0.1) is 5.92 Å². The second-order valence-electron chi connectivity index (χ2n) is 8.42. The number of aromatic amines is 1. The van der Waals surface area contributed by atoms with Gasteiger partial charge in [0.1, 0.15) is 0 Å². The van der Waals surface area contributed by atoms with Gasteiger partial charge in [0.05, 0.1) is 16.6 Å². The molecule has 1 N–H and O–H groups in total. The van der Waals surface area contributed by atoms with Crippen LogP contribution in [-0.4, -0.2) is 9.55 Å². The van der Waals surface area contributed by atoms with Crippen LogP contribution in [0.3, 0.4) is 0 Å². The van der Waals surface area contributed by atoms with E-state index < -0.39 is 0 Å². The van der Waals surface area contributed by atoms with Crippen molar-refractivity contribution < 1.29 is 0 Å². The first-order valence-electron chi connectivity index (χ1n) is 10.4. The van der Waals surface area contributed by atoms with E-state index in [4.69, 9.17) is 0 Å². The second-order valence-corrected chi connectivity index (χ2v) is 8.42. The molecule has 2 heteroatoms. The molecule has 1 atom stereocenters. The molecular formula is C27H20N2. The van der Waals surface area contributed by atoms with Gasteiger partial charge in [0.15, 0.2) is 0 Å². The average Bonchev–Trinajstić information content (AvgIpc) is 3.29. The first-order chi connectivity index (χ1) is 14.3. The summed E-state index contributed by atoms with van der Waals surface area (Å²) in [6.45, 7) is 2.31. The lowest BCUT2D eigenvalue weighted by Crippen LogP contribution is -2.13. The van der Waals surface area contributed by atoms with Crippen LogP contribution in [0.4, 0.5) is 0 Å². The standard InChI is InChI=1S/C27H20N2/c1-16-13-17-11-12-18-15-21-20-9-5-6-10-23(20)29(19-7-3-2-4-8-19)27(21)26-25(18)24(17)22(14-16)28-26/h2-13,15-16,28H,14H2,1H3. The summed E-state index contributed by atoms with van der Waals surface area (Å²) < 4.78 is 2.43. The molecule has 2 heterocycles. The molecule has 0 amide bonds. The summed E-state index contributed by atoms with van der Waals surface area (Å²) in [5, 5.41) is 8.12. The topological polar surface area (TPSA) is 20.7 Å². The van der Waals surface area contributed by atoms with E-state index in [-0.39, 0.29) is 0 Å². The number of benzene rings is 4. The van der Waals surface area contributed by atoms with Gasteiger partial charge >= 0.3 is 0 Å². The van der Waals surface area contributed by atoms with E-state index >= 15 is 0 Å². The maximum atomic E-state index is 3.87. The van der Waals surface area contributed by atoms with E-state index in [0.717, 1.165) is 6.42 Å². The fourth-order valence-corrected chi connectivity index (χ4v) is 5.44. The van der Waals surface area contributed by atoms with Crippen molar-refractivity contribution in [2.45, 2.75) is 13.3 Å². The molecule has 138 valence electrons. The fourth-order valence-electron chi connectivity index (χ4n) is 5.44. The third-order valence-corrected chi connectivity index (χ3v) is 6.55. The number of nitrogens with zero attached hydrogens (tertiary/aromatic N) is 1. The summed E-state index contributed by atoms with van der Waals surface area (Å²) in [4.78, 5) is 3.87. The van der Waals surface area contributed by atoms with Crippen molar-refractivity contribution in [2.75, 3.05) is 0 Å². The maximum absolute atomic E-state index is 3.87. The predicted molar refractivity (Wildman–Crippen MR) is 123 cm³/mol. The minimum Gasteiger partial charge on any atom is -0.356 e. The van der Waals surface area contributed by atoms with Gasteiger partial charge in [-0.2, -0.15) is 0 Å². The summed E-state index contributed by atoms with van der Waals surface area (Å²) in [5.74, 6) is 0.562. The zero-order valence-corrected chi connectivity index (χ0v) is 16.2. The predicted octanol–water partition coefficient (Wildman–Crippen LogP) is 6.11. The Bertz CT molecular complexity index is 1630. The molecule has 1 aliphatic rings. The number of hydrogen-bond acceptors (Lipinski definition) is 0. The number of fused-ring (bicyclic) bond motifs is 4. The molecule has 0 spiro atoms. The van der Waals surface area contributed by atoms with Crippen LogP contribution in [0.1, 0.15) is 12.6 Å². The van der Waals surface area contributed by atoms with Crippen molar-refractivity contribution >= 4 is 49.6 Å². The van der Waals surface area contributed by atoms with E-state index in [9.17, 15) is 0 Å². The van der Waals surface area contributed by atoms with E-state index in [1.807, 2.05) is 0 Å². The Morgan fingerprint density at radius 1 is 0.862 bits per heavy atom. The van der Waals surface area contributed by atoms with Crippen LogP contribution in [0.2, 0.25) is 0 Å². The molecule has 7 rings (SSSR count). The lowest BCUT2D eigenvalue weighted by atomic mass is 9.92. The van der Waals surface area contributed by atoms with Crippen molar-refractivity contribution in [1.29, 1.82) is 0 Å². The van der Waals surface area contributed by atoms with Crippen LogP contribution in [0.5, 0.6) is 0 Å². The van der Waals surface area contributed by atoms with Crippen molar-refractivity contribution in [3.8, 4) is 5.69 Å². The number of para-hydroxylation sites is 2. The summed E-state index contributed by atoms with van der Waals surface area (Å²) in [6, 6.07) is 26.5. The molecule has 1 aliphatic carbocycles. The minimum atomic E-state index is 0.562. The molecule has 0 aliphatic heterocycles. The van der Waals surface area contributed by atoms with Crippen LogP contribution < -0.4 is 5.22 Å². The quantitative estimate of drug-likeness (QED) is 0.359. The molecule has 0 saturated carbocycles. The monoisotopic (exact) mass is 372 g/mol. The Balaban J connectivity index is 1.79. The zero-order valence-electron chi connectivity index (χ0n) is 16.2. The lowest BCUT2D eigenvalue weighted by Gasteiger charge is -2.12. The fraction of sp³-hybridized carbons (Fsp3) is 0.111. The summed E-state index contributed by atoms with van der Waals surface area (Å²) in [7, 11) is 0. The smallest absolute Gasteiger partial charge is 0.0783 e. The Morgan fingerprint density at radius 2 is 1.69 bits per heavy atom. The molecule has 2 nitrogen and oxygen atoms in total. The molecule has 0 fully saturated rings. The van der Waals surface area contributed by atoms with Crippen molar-refractivity contribution in [2.24, 2.45) is 5.92 Å². The highest BCUT2D eigenvalue weighted by atomic mass is 15.0. The molecule has 1 unspecified atom stereocenters.